The number of rotatable bonds is 8. The lowest BCUT2D eigenvalue weighted by Crippen LogP contribution is -2.60. The molecule has 68 heavy (non-hydrogen) atoms. The normalized spacial score (nSPS) is 21.4. The number of aromatic carboxylic acids is 1. The molecule has 2 aliphatic carbocycles. The minimum absolute atomic E-state index is 0.0268. The standard InChI is InChI=1S/C24H21Cl2F4N3O4S.C20H13Cl2F4NO3/c1-38(35,36)33-10-13(11-33)31-22(34)17-6-5-16(14-3-2-4-15(14)17)20-9-23(37-32-20,24(28,29)30)12-7-18(25)21(27)19(26)8-12;21-14-6-9(7-15(22)17(14)23)19(20(24,25)26)8-16(27-30-19)12-4-5-13(18(28)29)11-3-1-2-10(11)12/h5-8,13H,2-4,9-11H2,1H3,(H,31,34);4-7H,1-3,8H2,(H,28,29). The van der Waals surface area contributed by atoms with Gasteiger partial charge in [-0.1, -0.05) is 68.8 Å². The molecule has 2 N–H and O–H groups in total. The van der Waals surface area contributed by atoms with E-state index in [2.05, 4.69) is 15.6 Å². The fourth-order valence-electron chi connectivity index (χ4n) is 9.10. The highest BCUT2D eigenvalue weighted by Gasteiger charge is 2.64. The monoisotopic (exact) mass is 1050 g/mol. The number of nitrogens with one attached hydrogen (secondary N) is 1. The second-order valence-corrected chi connectivity index (χ2v) is 20.4. The maximum Gasteiger partial charge on any atom is 0.435 e. The third kappa shape index (κ3) is 8.77. The number of sulfonamides is 1. The highest BCUT2D eigenvalue weighted by atomic mass is 35.5. The minimum Gasteiger partial charge on any atom is -0.478 e. The molecule has 1 amide bonds. The number of hydrogen-bond donors (Lipinski definition) is 2. The SMILES string of the molecule is CS(=O)(=O)N1CC(NC(=O)c2ccc(C3=NOC(c4cc(Cl)c(F)c(Cl)c4)(C(F)(F)F)C3)c3c2CCC3)C1.O=C(O)c1ccc(C2=NOC(c3cc(Cl)c(F)c(Cl)c3)(C(F)(F)F)C2)c2c1CCC2. The smallest absolute Gasteiger partial charge is 0.435 e. The van der Waals surface area contributed by atoms with Crippen LogP contribution < -0.4 is 5.32 Å². The van der Waals surface area contributed by atoms with Crippen molar-refractivity contribution in [1.29, 1.82) is 0 Å². The summed E-state index contributed by atoms with van der Waals surface area (Å²) in [6, 6.07) is 8.88. The largest absolute Gasteiger partial charge is 0.478 e. The van der Waals surface area contributed by atoms with Crippen molar-refractivity contribution in [3.05, 3.63) is 136 Å². The van der Waals surface area contributed by atoms with Gasteiger partial charge < -0.3 is 20.1 Å². The fraction of sp³-hybridized carbons (Fsp3) is 0.364. The number of hydrogen-bond acceptors (Lipinski definition) is 8. The first-order valence-corrected chi connectivity index (χ1v) is 23.9. The number of carboxylic acid groups (broad SMARTS) is 1. The van der Waals surface area contributed by atoms with E-state index >= 15 is 0 Å². The van der Waals surface area contributed by atoms with E-state index in [9.17, 15) is 58.2 Å². The topological polar surface area (TPSA) is 147 Å². The highest BCUT2D eigenvalue weighted by Crippen LogP contribution is 2.52. The average molecular weight is 1060 g/mol. The Bertz CT molecular complexity index is 2920. The van der Waals surface area contributed by atoms with Crippen molar-refractivity contribution in [1.82, 2.24) is 9.62 Å². The molecule has 5 aliphatic rings. The lowest BCUT2D eigenvalue weighted by molar-refractivity contribution is -0.276. The molecule has 11 nitrogen and oxygen atoms in total. The van der Waals surface area contributed by atoms with Crippen LogP contribution in [-0.2, 0) is 56.6 Å². The van der Waals surface area contributed by atoms with Crippen LogP contribution >= 0.6 is 46.4 Å². The molecule has 2 unspecified atom stereocenters. The summed E-state index contributed by atoms with van der Waals surface area (Å²) in [6.45, 7) is 0.353. The third-order valence-electron chi connectivity index (χ3n) is 12.6. The van der Waals surface area contributed by atoms with Gasteiger partial charge in [0.05, 0.1) is 49.4 Å². The first kappa shape index (κ1) is 49.7. The molecule has 3 heterocycles. The molecule has 0 radical (unpaired) electrons. The van der Waals surface area contributed by atoms with Crippen LogP contribution in [-0.4, -0.2) is 78.9 Å². The summed E-state index contributed by atoms with van der Waals surface area (Å²) in [5, 5.41) is 17.4. The van der Waals surface area contributed by atoms with Crippen LogP contribution in [0, 0.1) is 11.6 Å². The number of amides is 1. The lowest BCUT2D eigenvalue weighted by Gasteiger charge is -2.37. The van der Waals surface area contributed by atoms with Crippen LogP contribution in [0.2, 0.25) is 20.1 Å². The Balaban J connectivity index is 0.000000189. The number of alkyl halides is 6. The predicted octanol–water partition coefficient (Wildman–Crippen LogP) is 10.5. The van der Waals surface area contributed by atoms with Crippen molar-refractivity contribution in [3.8, 4) is 0 Å². The first-order valence-electron chi connectivity index (χ1n) is 20.5. The molecule has 1 saturated heterocycles. The molecule has 2 atom stereocenters. The molecule has 9 rings (SSSR count). The summed E-state index contributed by atoms with van der Waals surface area (Å²) >= 11 is 23.0. The number of carbonyl (C=O) groups excluding carboxylic acids is 1. The summed E-state index contributed by atoms with van der Waals surface area (Å²) in [4.78, 5) is 34.4. The molecule has 24 heteroatoms. The highest BCUT2D eigenvalue weighted by molar-refractivity contribution is 7.88. The minimum atomic E-state index is -4.94. The maximum absolute atomic E-state index is 14.4. The van der Waals surface area contributed by atoms with Gasteiger partial charge in [0.1, 0.15) is 0 Å². The van der Waals surface area contributed by atoms with Gasteiger partial charge in [-0.15, -0.1) is 0 Å². The number of benzene rings is 4. The van der Waals surface area contributed by atoms with Crippen molar-refractivity contribution in [2.75, 3.05) is 19.3 Å². The van der Waals surface area contributed by atoms with E-state index in [1.165, 1.54) is 22.5 Å². The van der Waals surface area contributed by atoms with Gasteiger partial charge in [-0.25, -0.2) is 22.0 Å². The number of halogens is 12. The Kier molecular flexibility index (Phi) is 13.1. The van der Waals surface area contributed by atoms with Gasteiger partial charge in [-0.2, -0.15) is 30.6 Å². The zero-order valence-corrected chi connectivity index (χ0v) is 38.8. The Morgan fingerprint density at radius 1 is 0.691 bits per heavy atom. The Morgan fingerprint density at radius 2 is 1.07 bits per heavy atom. The van der Waals surface area contributed by atoms with Gasteiger partial charge in [-0.05, 0) is 97.2 Å². The molecule has 0 spiro atoms. The average Bonchev–Trinajstić information content (AvgIpc) is 4.08. The molecule has 362 valence electrons. The second-order valence-electron chi connectivity index (χ2n) is 16.8. The van der Waals surface area contributed by atoms with Gasteiger partial charge in [0.15, 0.2) is 11.6 Å². The van der Waals surface area contributed by atoms with Gasteiger partial charge in [0.2, 0.25) is 10.0 Å². The first-order chi connectivity index (χ1) is 31.8. The zero-order valence-electron chi connectivity index (χ0n) is 34.9. The number of fused-ring (bicyclic) bond motifs is 2. The van der Waals surface area contributed by atoms with Gasteiger partial charge in [0, 0.05) is 53.7 Å². The summed E-state index contributed by atoms with van der Waals surface area (Å²) in [5.41, 5.74) is -2.65. The molecule has 0 saturated carbocycles. The molecule has 3 aliphatic heterocycles. The number of oxime groups is 2. The van der Waals surface area contributed by atoms with Crippen molar-refractivity contribution < 1.29 is 67.9 Å². The van der Waals surface area contributed by atoms with E-state index in [-0.39, 0.29) is 42.0 Å². The molecule has 0 bridgehead atoms. The van der Waals surface area contributed by atoms with Crippen LogP contribution in [0.3, 0.4) is 0 Å². The molecule has 4 aromatic carbocycles. The van der Waals surface area contributed by atoms with E-state index < -0.39 is 95.2 Å². The van der Waals surface area contributed by atoms with Crippen LogP contribution in [0.15, 0.2) is 58.8 Å². The summed E-state index contributed by atoms with van der Waals surface area (Å²) < 4.78 is 138. The van der Waals surface area contributed by atoms with Crippen molar-refractivity contribution in [2.45, 2.75) is 81.0 Å². The van der Waals surface area contributed by atoms with Crippen LogP contribution in [0.1, 0.15) is 90.9 Å². The molecular formula is C44H34Cl4F8N4O7S. The van der Waals surface area contributed by atoms with E-state index in [4.69, 9.17) is 56.1 Å². The second kappa shape index (κ2) is 17.9. The lowest BCUT2D eigenvalue weighted by atomic mass is 9.84. The summed E-state index contributed by atoms with van der Waals surface area (Å²) in [5.74, 6) is -3.53. The Labute approximate surface area is 402 Å². The third-order valence-corrected chi connectivity index (χ3v) is 14.9. The number of carbonyl (C=O) groups is 2. The van der Waals surface area contributed by atoms with Crippen LogP contribution in [0.25, 0.3) is 0 Å². The van der Waals surface area contributed by atoms with Crippen molar-refractivity contribution in [2.24, 2.45) is 10.3 Å². The molecule has 4 aromatic rings. The van der Waals surface area contributed by atoms with Crippen LogP contribution in [0.4, 0.5) is 35.1 Å². The van der Waals surface area contributed by atoms with E-state index in [0.717, 1.165) is 30.5 Å². The van der Waals surface area contributed by atoms with Gasteiger partial charge >= 0.3 is 18.3 Å². The molecular weight excluding hydrogens is 1020 g/mol. The predicted molar refractivity (Wildman–Crippen MR) is 234 cm³/mol. The number of carboxylic acids is 1. The Morgan fingerprint density at radius 3 is 1.46 bits per heavy atom. The number of nitrogens with zero attached hydrogens (tertiary/aromatic N) is 3. The summed E-state index contributed by atoms with van der Waals surface area (Å²) in [7, 11) is -3.33. The maximum atomic E-state index is 14.4. The van der Waals surface area contributed by atoms with E-state index in [1.54, 1.807) is 6.07 Å². The van der Waals surface area contributed by atoms with Crippen molar-refractivity contribution in [3.63, 3.8) is 0 Å². The zero-order chi connectivity index (χ0) is 49.5. The summed E-state index contributed by atoms with van der Waals surface area (Å²) in [6.07, 6.45) is -6.63. The van der Waals surface area contributed by atoms with Crippen molar-refractivity contribution >= 4 is 79.7 Å². The molecule has 0 aromatic heterocycles. The quantitative estimate of drug-likeness (QED) is 0.132. The van der Waals surface area contributed by atoms with Gasteiger partial charge in [0.25, 0.3) is 17.1 Å². The molecule has 1 fully saturated rings. The van der Waals surface area contributed by atoms with E-state index in [0.29, 0.717) is 77.5 Å². The van der Waals surface area contributed by atoms with Crippen LogP contribution in [0.5, 0.6) is 0 Å². The van der Waals surface area contributed by atoms with E-state index in [1.807, 2.05) is 0 Å². The van der Waals surface area contributed by atoms with Gasteiger partial charge in [-0.3, -0.25) is 4.79 Å². The Hall–Kier alpha value is -4.73. The fourth-order valence-corrected chi connectivity index (χ4v) is 11.0.